The maximum absolute atomic E-state index is 12.2. The van der Waals surface area contributed by atoms with Gasteiger partial charge in [0.2, 0.25) is 0 Å². The van der Waals surface area contributed by atoms with Gasteiger partial charge in [-0.1, -0.05) is 29.3 Å². The number of nitrogens with one attached hydrogen (secondary N) is 1. The average molecular weight is 393 g/mol. The molecule has 24 heavy (non-hydrogen) atoms. The Balaban J connectivity index is 0.00000208. The Morgan fingerprint density at radius 1 is 1.33 bits per heavy atom. The molecule has 0 bridgehead atoms. The van der Waals surface area contributed by atoms with Crippen LogP contribution in [0.15, 0.2) is 23.0 Å². The molecule has 2 heterocycles. The van der Waals surface area contributed by atoms with Crippen molar-refractivity contribution in [1.29, 1.82) is 0 Å². The Labute approximate surface area is 172 Å². The number of aryl methyl sites for hydroxylation is 1. The van der Waals surface area contributed by atoms with E-state index in [1.54, 1.807) is 25.1 Å². The van der Waals surface area contributed by atoms with Crippen LogP contribution < -0.4 is 5.56 Å². The molecule has 1 aromatic carbocycles. The third-order valence-electron chi connectivity index (χ3n) is 3.40. The van der Waals surface area contributed by atoms with E-state index in [2.05, 4.69) is 9.97 Å². The van der Waals surface area contributed by atoms with Crippen molar-refractivity contribution in [3.8, 4) is 0 Å². The van der Waals surface area contributed by atoms with Crippen LogP contribution in [0.2, 0.25) is 10.0 Å². The molecular formula is C15H11Cl2N2NaO3S. The number of carboxylic acid groups (broad SMARTS) is 1. The van der Waals surface area contributed by atoms with Crippen LogP contribution in [-0.2, 0) is 6.42 Å². The Kier molecular flexibility index (Phi) is 6.12. The van der Waals surface area contributed by atoms with Crippen molar-refractivity contribution in [2.75, 3.05) is 0 Å². The molecule has 0 radical (unpaired) electrons. The fourth-order valence-electron chi connectivity index (χ4n) is 2.32. The molecule has 5 nitrogen and oxygen atoms in total. The van der Waals surface area contributed by atoms with E-state index in [-0.39, 0.29) is 40.0 Å². The zero-order valence-corrected chi connectivity index (χ0v) is 14.1. The number of aromatic carboxylic acids is 1. The standard InChI is InChI=1S/C15H10Cl2N2O3S.Na.H/c1-6-11-13(20)18-10(19-14(11)23-12(6)15(21)22)5-7-2-3-8(16)9(17)4-7;;/h2-4H,5H2,1H3,(H,21,22)(H,18,19,20);;. The molecule has 2 N–H and O–H groups in total. The fraction of sp³-hybridized carbons (Fsp3) is 0.133. The molecule has 0 amide bonds. The van der Waals surface area contributed by atoms with Crippen molar-refractivity contribution in [3.63, 3.8) is 0 Å². The van der Waals surface area contributed by atoms with Crippen molar-refractivity contribution in [1.82, 2.24) is 9.97 Å². The Bertz CT molecular complexity index is 1000. The summed E-state index contributed by atoms with van der Waals surface area (Å²) in [5.74, 6) is -0.616. The van der Waals surface area contributed by atoms with Gasteiger partial charge >= 0.3 is 35.5 Å². The van der Waals surface area contributed by atoms with Crippen LogP contribution >= 0.6 is 34.5 Å². The van der Waals surface area contributed by atoms with Crippen molar-refractivity contribution in [2.45, 2.75) is 13.3 Å². The third kappa shape index (κ3) is 3.69. The minimum atomic E-state index is -1.06. The van der Waals surface area contributed by atoms with E-state index < -0.39 is 5.97 Å². The maximum atomic E-state index is 12.2. The third-order valence-corrected chi connectivity index (χ3v) is 5.31. The first-order chi connectivity index (χ1) is 10.9. The molecule has 3 rings (SSSR count). The van der Waals surface area contributed by atoms with Gasteiger partial charge in [-0.25, -0.2) is 9.78 Å². The molecule has 0 atom stereocenters. The monoisotopic (exact) mass is 392 g/mol. The molecule has 0 unspecified atom stereocenters. The second-order valence-electron chi connectivity index (χ2n) is 4.98. The quantitative estimate of drug-likeness (QED) is 0.670. The first-order valence-electron chi connectivity index (χ1n) is 6.56. The molecule has 0 aliphatic heterocycles. The molecule has 0 aliphatic carbocycles. The number of rotatable bonds is 3. The first kappa shape index (κ1) is 19.4. The molecule has 2 aromatic heterocycles. The summed E-state index contributed by atoms with van der Waals surface area (Å²) in [6.07, 6.45) is 0.363. The van der Waals surface area contributed by atoms with Gasteiger partial charge in [0.15, 0.2) is 0 Å². The summed E-state index contributed by atoms with van der Waals surface area (Å²) in [6, 6.07) is 5.17. The molecule has 0 saturated heterocycles. The van der Waals surface area contributed by atoms with Crippen LogP contribution in [-0.4, -0.2) is 50.6 Å². The predicted octanol–water partition coefficient (Wildman–Crippen LogP) is 3.24. The second-order valence-corrected chi connectivity index (χ2v) is 6.79. The molecule has 0 aliphatic rings. The number of hydrogen-bond donors (Lipinski definition) is 2. The molecule has 0 saturated carbocycles. The number of H-pyrrole nitrogens is 1. The van der Waals surface area contributed by atoms with Crippen LogP contribution in [0.4, 0.5) is 0 Å². The van der Waals surface area contributed by atoms with Crippen LogP contribution in [0.3, 0.4) is 0 Å². The average Bonchev–Trinajstić information content (AvgIpc) is 2.80. The van der Waals surface area contributed by atoms with E-state index in [1.807, 2.05) is 0 Å². The van der Waals surface area contributed by atoms with Gasteiger partial charge in [0.1, 0.15) is 15.5 Å². The number of halogens is 2. The molecule has 0 fully saturated rings. The van der Waals surface area contributed by atoms with E-state index in [0.717, 1.165) is 16.9 Å². The first-order valence-corrected chi connectivity index (χ1v) is 8.13. The van der Waals surface area contributed by atoms with Crippen molar-refractivity contribution < 1.29 is 9.90 Å². The van der Waals surface area contributed by atoms with E-state index >= 15 is 0 Å². The number of fused-ring (bicyclic) bond motifs is 1. The van der Waals surface area contributed by atoms with E-state index in [1.165, 1.54) is 0 Å². The van der Waals surface area contributed by atoms with E-state index in [0.29, 0.717) is 38.1 Å². The van der Waals surface area contributed by atoms with Crippen molar-refractivity contribution >= 4 is 80.3 Å². The predicted molar refractivity (Wildman–Crippen MR) is 98.4 cm³/mol. The van der Waals surface area contributed by atoms with Gasteiger partial charge in [0, 0.05) is 6.42 Å². The van der Waals surface area contributed by atoms with Gasteiger partial charge in [-0.2, -0.15) is 0 Å². The fourth-order valence-corrected chi connectivity index (χ4v) is 3.68. The van der Waals surface area contributed by atoms with Gasteiger partial charge in [0.25, 0.3) is 5.56 Å². The van der Waals surface area contributed by atoms with Gasteiger partial charge in [0.05, 0.1) is 15.4 Å². The topological polar surface area (TPSA) is 83.0 Å². The Morgan fingerprint density at radius 3 is 2.67 bits per heavy atom. The van der Waals surface area contributed by atoms with Gasteiger partial charge in [-0.05, 0) is 30.2 Å². The summed E-state index contributed by atoms with van der Waals surface area (Å²) in [4.78, 5) is 31.0. The van der Waals surface area contributed by atoms with E-state index in [4.69, 9.17) is 28.3 Å². The summed E-state index contributed by atoms with van der Waals surface area (Å²) < 4.78 is 0. The van der Waals surface area contributed by atoms with E-state index in [9.17, 15) is 9.59 Å². The van der Waals surface area contributed by atoms with Crippen LogP contribution in [0.1, 0.15) is 26.6 Å². The Morgan fingerprint density at radius 2 is 2.04 bits per heavy atom. The molecule has 0 spiro atoms. The van der Waals surface area contributed by atoms with Crippen LogP contribution in [0.25, 0.3) is 10.2 Å². The number of benzene rings is 1. The number of carbonyl (C=O) groups is 1. The number of thiophene rings is 1. The number of aromatic nitrogens is 2. The summed E-state index contributed by atoms with van der Waals surface area (Å²) in [6.45, 7) is 1.61. The van der Waals surface area contributed by atoms with Gasteiger partial charge in [-0.3, -0.25) is 4.79 Å². The summed E-state index contributed by atoms with van der Waals surface area (Å²) in [7, 11) is 0. The summed E-state index contributed by atoms with van der Waals surface area (Å²) in [5, 5.41) is 10.4. The van der Waals surface area contributed by atoms with Crippen LogP contribution in [0, 0.1) is 6.92 Å². The number of aromatic amines is 1. The summed E-state index contributed by atoms with van der Waals surface area (Å²) in [5.41, 5.74) is 0.937. The SMILES string of the molecule is Cc1c(C(=O)O)sc2nc(Cc3ccc(Cl)c(Cl)c3)[nH]c(=O)c12.[NaH]. The molecule has 120 valence electrons. The molecule has 9 heteroatoms. The number of nitrogens with zero attached hydrogens (tertiary/aromatic N) is 1. The Hall–Kier alpha value is -0.890. The molecule has 3 aromatic rings. The van der Waals surface area contributed by atoms with Gasteiger partial charge < -0.3 is 10.1 Å². The molecular weight excluding hydrogens is 382 g/mol. The van der Waals surface area contributed by atoms with Crippen molar-refractivity contribution in [2.24, 2.45) is 0 Å². The normalized spacial score (nSPS) is 10.6. The zero-order valence-electron chi connectivity index (χ0n) is 11.8. The zero-order chi connectivity index (χ0) is 16.7. The number of carboxylic acids is 1. The van der Waals surface area contributed by atoms with Crippen molar-refractivity contribution in [3.05, 3.63) is 60.4 Å². The van der Waals surface area contributed by atoms with Crippen LogP contribution in [0.5, 0.6) is 0 Å². The second kappa shape index (κ2) is 7.56. The van der Waals surface area contributed by atoms with Gasteiger partial charge in [-0.15, -0.1) is 11.3 Å². The minimum absolute atomic E-state index is 0. The summed E-state index contributed by atoms with van der Waals surface area (Å²) >= 11 is 12.9. The number of hydrogen-bond acceptors (Lipinski definition) is 4.